The van der Waals surface area contributed by atoms with E-state index in [-0.39, 0.29) is 6.04 Å². The number of ether oxygens (including phenoxy) is 1. The molecule has 0 bridgehead atoms. The van der Waals surface area contributed by atoms with Crippen molar-refractivity contribution in [3.8, 4) is 5.75 Å². The number of hydrogen-bond acceptors (Lipinski definition) is 5. The molecule has 0 radical (unpaired) electrons. The highest BCUT2D eigenvalue weighted by molar-refractivity contribution is 9.10. The molecule has 21 heavy (non-hydrogen) atoms. The van der Waals surface area contributed by atoms with Crippen molar-refractivity contribution in [2.45, 2.75) is 19.1 Å². The maximum absolute atomic E-state index is 6.05. The zero-order chi connectivity index (χ0) is 14.8. The fourth-order valence-electron chi connectivity index (χ4n) is 2.79. The van der Waals surface area contributed by atoms with E-state index in [1.54, 1.807) is 13.4 Å². The van der Waals surface area contributed by atoms with Gasteiger partial charge in [-0.15, -0.1) is 10.2 Å². The van der Waals surface area contributed by atoms with Crippen LogP contribution in [0.2, 0.25) is 0 Å². The van der Waals surface area contributed by atoms with Gasteiger partial charge >= 0.3 is 0 Å². The summed E-state index contributed by atoms with van der Waals surface area (Å²) in [5.41, 5.74) is 7.15. The zero-order valence-electron chi connectivity index (χ0n) is 11.9. The highest BCUT2D eigenvalue weighted by Gasteiger charge is 2.27. The van der Waals surface area contributed by atoms with Crippen LogP contribution in [0.25, 0.3) is 0 Å². The second kappa shape index (κ2) is 6.13. The summed E-state index contributed by atoms with van der Waals surface area (Å²) in [6, 6.07) is 6.12. The van der Waals surface area contributed by atoms with Crippen LogP contribution in [0, 0.1) is 0 Å². The number of nitrogens with two attached hydrogens (primary N) is 1. The second-order valence-corrected chi connectivity index (χ2v) is 5.96. The van der Waals surface area contributed by atoms with E-state index in [4.69, 9.17) is 10.5 Å². The Morgan fingerprint density at radius 1 is 1.43 bits per heavy atom. The summed E-state index contributed by atoms with van der Waals surface area (Å²) in [5, 5.41) is 8.13. The summed E-state index contributed by atoms with van der Waals surface area (Å²) in [5.74, 6) is 1.84. The largest absolute Gasteiger partial charge is 0.496 e. The van der Waals surface area contributed by atoms with Gasteiger partial charge in [0.15, 0.2) is 0 Å². The molecule has 1 aromatic carbocycles. The number of aromatic nitrogens is 3. The first-order chi connectivity index (χ1) is 10.2. The molecule has 2 N–H and O–H groups in total. The Labute approximate surface area is 132 Å². The van der Waals surface area contributed by atoms with E-state index in [1.807, 2.05) is 12.1 Å². The monoisotopic (exact) mass is 351 g/mol. The third-order valence-corrected chi connectivity index (χ3v) is 4.38. The molecule has 2 aromatic rings. The molecule has 0 spiro atoms. The maximum Gasteiger partial charge on any atom is 0.147 e. The van der Waals surface area contributed by atoms with E-state index >= 15 is 0 Å². The van der Waals surface area contributed by atoms with E-state index in [1.165, 1.54) is 0 Å². The van der Waals surface area contributed by atoms with Gasteiger partial charge < -0.3 is 15.0 Å². The smallest absolute Gasteiger partial charge is 0.147 e. The molecule has 1 atom stereocenters. The number of fused-ring (bicyclic) bond motifs is 1. The van der Waals surface area contributed by atoms with Gasteiger partial charge in [-0.1, -0.05) is 15.9 Å². The number of methoxy groups -OCH3 is 1. The molecule has 1 aliphatic rings. The Morgan fingerprint density at radius 2 is 2.29 bits per heavy atom. The van der Waals surface area contributed by atoms with Gasteiger partial charge in [0, 0.05) is 29.7 Å². The molecular formula is C14H18BrN5O. The summed E-state index contributed by atoms with van der Waals surface area (Å²) in [7, 11) is 1.69. The van der Waals surface area contributed by atoms with Crippen molar-refractivity contribution >= 4 is 15.9 Å². The molecule has 1 aliphatic heterocycles. The predicted molar refractivity (Wildman–Crippen MR) is 82.9 cm³/mol. The third-order valence-electron chi connectivity index (χ3n) is 3.88. The molecule has 6 nitrogen and oxygen atoms in total. The van der Waals surface area contributed by atoms with Crippen molar-refractivity contribution in [2.24, 2.45) is 5.73 Å². The molecule has 1 aromatic heterocycles. The van der Waals surface area contributed by atoms with Gasteiger partial charge in [0.2, 0.25) is 0 Å². The Hall–Kier alpha value is -1.44. The quantitative estimate of drug-likeness (QED) is 0.905. The van der Waals surface area contributed by atoms with Crippen LogP contribution in [-0.2, 0) is 13.1 Å². The fraction of sp³-hybridized carbons (Fsp3) is 0.429. The molecule has 0 saturated carbocycles. The summed E-state index contributed by atoms with van der Waals surface area (Å²) in [6.45, 7) is 3.08. The lowest BCUT2D eigenvalue weighted by Crippen LogP contribution is -2.39. The molecule has 0 aliphatic carbocycles. The van der Waals surface area contributed by atoms with Gasteiger partial charge in [0.1, 0.15) is 17.9 Å². The maximum atomic E-state index is 6.05. The SMILES string of the molecule is COc1ccc(Br)cc1C(CN)N1CCn2cnnc2C1. The first-order valence-electron chi connectivity index (χ1n) is 6.87. The molecule has 112 valence electrons. The minimum atomic E-state index is 0.0999. The van der Waals surface area contributed by atoms with Gasteiger partial charge in [0.25, 0.3) is 0 Å². The lowest BCUT2D eigenvalue weighted by Gasteiger charge is -2.34. The van der Waals surface area contributed by atoms with E-state index in [9.17, 15) is 0 Å². The minimum Gasteiger partial charge on any atom is -0.496 e. The molecule has 0 fully saturated rings. The summed E-state index contributed by atoms with van der Waals surface area (Å²) in [4.78, 5) is 2.33. The topological polar surface area (TPSA) is 69.2 Å². The van der Waals surface area contributed by atoms with Crippen LogP contribution in [0.4, 0.5) is 0 Å². The lowest BCUT2D eigenvalue weighted by molar-refractivity contribution is 0.154. The highest BCUT2D eigenvalue weighted by atomic mass is 79.9. The molecular weight excluding hydrogens is 334 g/mol. The van der Waals surface area contributed by atoms with Crippen molar-refractivity contribution in [1.82, 2.24) is 19.7 Å². The van der Waals surface area contributed by atoms with Gasteiger partial charge in [-0.3, -0.25) is 4.90 Å². The normalized spacial score (nSPS) is 16.5. The predicted octanol–water partition coefficient (Wildman–Crippen LogP) is 1.56. The van der Waals surface area contributed by atoms with E-state index in [0.29, 0.717) is 6.54 Å². The summed E-state index contributed by atoms with van der Waals surface area (Å²) < 4.78 is 8.60. The number of nitrogens with zero attached hydrogens (tertiary/aromatic N) is 4. The molecule has 2 heterocycles. The van der Waals surface area contributed by atoms with E-state index in [0.717, 1.165) is 41.2 Å². The molecule has 0 amide bonds. The van der Waals surface area contributed by atoms with Crippen molar-refractivity contribution in [2.75, 3.05) is 20.2 Å². The van der Waals surface area contributed by atoms with E-state index < -0.39 is 0 Å². The average Bonchev–Trinajstić information content (AvgIpc) is 2.96. The van der Waals surface area contributed by atoms with Gasteiger partial charge in [0.05, 0.1) is 19.7 Å². The number of hydrogen-bond donors (Lipinski definition) is 1. The Morgan fingerprint density at radius 3 is 3.05 bits per heavy atom. The molecule has 0 saturated heterocycles. The van der Waals surface area contributed by atoms with Crippen LogP contribution in [0.3, 0.4) is 0 Å². The van der Waals surface area contributed by atoms with Crippen molar-refractivity contribution < 1.29 is 4.74 Å². The van der Waals surface area contributed by atoms with Crippen LogP contribution in [0.15, 0.2) is 29.0 Å². The molecule has 1 unspecified atom stereocenters. The van der Waals surface area contributed by atoms with Crippen molar-refractivity contribution in [1.29, 1.82) is 0 Å². The van der Waals surface area contributed by atoms with Crippen LogP contribution < -0.4 is 10.5 Å². The number of rotatable bonds is 4. The van der Waals surface area contributed by atoms with Crippen molar-refractivity contribution in [3.63, 3.8) is 0 Å². The molecule has 7 heteroatoms. The fourth-order valence-corrected chi connectivity index (χ4v) is 3.17. The summed E-state index contributed by atoms with van der Waals surface area (Å²) in [6.07, 6.45) is 1.78. The standard InChI is InChI=1S/C14H18BrN5O/c1-21-13-3-2-10(15)6-11(13)12(7-16)19-4-5-20-9-17-18-14(20)8-19/h2-3,6,9,12H,4-5,7-8,16H2,1H3. The lowest BCUT2D eigenvalue weighted by atomic mass is 10.0. The van der Waals surface area contributed by atoms with Crippen LogP contribution in [0.5, 0.6) is 5.75 Å². The third kappa shape index (κ3) is 2.81. The van der Waals surface area contributed by atoms with E-state index in [2.05, 4.69) is 41.7 Å². The average molecular weight is 352 g/mol. The van der Waals surface area contributed by atoms with Crippen LogP contribution in [-0.4, -0.2) is 39.9 Å². The van der Waals surface area contributed by atoms with Crippen molar-refractivity contribution in [3.05, 3.63) is 40.4 Å². The Bertz CT molecular complexity index is 630. The Kier molecular flexibility index (Phi) is 4.23. The first-order valence-corrected chi connectivity index (χ1v) is 7.66. The van der Waals surface area contributed by atoms with Gasteiger partial charge in [-0.2, -0.15) is 0 Å². The highest BCUT2D eigenvalue weighted by Crippen LogP contribution is 2.33. The minimum absolute atomic E-state index is 0.0999. The summed E-state index contributed by atoms with van der Waals surface area (Å²) >= 11 is 3.53. The second-order valence-electron chi connectivity index (χ2n) is 5.05. The number of benzene rings is 1. The first kappa shape index (κ1) is 14.5. The Balaban J connectivity index is 1.91. The number of halogens is 1. The molecule has 3 rings (SSSR count). The van der Waals surface area contributed by atoms with Gasteiger partial charge in [-0.25, -0.2) is 0 Å². The zero-order valence-corrected chi connectivity index (χ0v) is 13.5. The van der Waals surface area contributed by atoms with Crippen LogP contribution in [0.1, 0.15) is 17.4 Å². The van der Waals surface area contributed by atoms with Crippen LogP contribution >= 0.6 is 15.9 Å². The van der Waals surface area contributed by atoms with Gasteiger partial charge in [-0.05, 0) is 18.2 Å².